The quantitative estimate of drug-likeness (QED) is 0.571. The number of hydrogen-bond acceptors (Lipinski definition) is 2. The van der Waals surface area contributed by atoms with Crippen molar-refractivity contribution >= 4 is 0 Å². The topological polar surface area (TPSA) is 38.0 Å². The van der Waals surface area contributed by atoms with Crippen molar-refractivity contribution in [2.75, 3.05) is 6.54 Å². The molecular weight excluding hydrogens is 124 g/mol. The number of nitrogens with two attached hydrogens (primary N) is 1. The van der Waals surface area contributed by atoms with Gasteiger partial charge < -0.3 is 11.1 Å². The second kappa shape index (κ2) is 5.69. The normalized spacial score (nSPS) is 16.8. The van der Waals surface area contributed by atoms with E-state index in [9.17, 15) is 0 Å². The Morgan fingerprint density at radius 1 is 1.40 bits per heavy atom. The molecular formula is C8H20N2. The molecule has 2 atom stereocenters. The molecule has 2 heteroatoms. The van der Waals surface area contributed by atoms with Crippen LogP contribution in [0.4, 0.5) is 0 Å². The maximum atomic E-state index is 5.51. The van der Waals surface area contributed by atoms with Gasteiger partial charge in [-0.2, -0.15) is 0 Å². The molecule has 0 aliphatic rings. The third-order valence-corrected chi connectivity index (χ3v) is 1.80. The first-order valence-corrected chi connectivity index (χ1v) is 4.15. The Bertz CT molecular complexity index is 71.7. The SMILES string of the molecule is CCC(C)CCNC(C)N. The Balaban J connectivity index is 3.03. The molecule has 0 spiro atoms. The largest absolute Gasteiger partial charge is 0.316 e. The van der Waals surface area contributed by atoms with Crippen molar-refractivity contribution in [1.82, 2.24) is 5.32 Å². The van der Waals surface area contributed by atoms with E-state index in [1.807, 2.05) is 6.92 Å². The zero-order valence-corrected chi connectivity index (χ0v) is 7.35. The summed E-state index contributed by atoms with van der Waals surface area (Å²) < 4.78 is 0. The van der Waals surface area contributed by atoms with E-state index in [0.717, 1.165) is 12.5 Å². The highest BCUT2D eigenvalue weighted by atomic mass is 15.0. The fourth-order valence-electron chi connectivity index (χ4n) is 0.762. The van der Waals surface area contributed by atoms with E-state index in [4.69, 9.17) is 5.73 Å². The van der Waals surface area contributed by atoms with Crippen LogP contribution in [-0.4, -0.2) is 12.7 Å². The summed E-state index contributed by atoms with van der Waals surface area (Å²) in [6.45, 7) is 7.50. The van der Waals surface area contributed by atoms with Crippen molar-refractivity contribution in [1.29, 1.82) is 0 Å². The summed E-state index contributed by atoms with van der Waals surface area (Å²) in [5.41, 5.74) is 5.51. The van der Waals surface area contributed by atoms with E-state index in [2.05, 4.69) is 19.2 Å². The lowest BCUT2D eigenvalue weighted by Gasteiger charge is -2.11. The highest BCUT2D eigenvalue weighted by molar-refractivity contribution is 4.55. The highest BCUT2D eigenvalue weighted by Crippen LogP contribution is 2.03. The zero-order valence-electron chi connectivity index (χ0n) is 7.35. The van der Waals surface area contributed by atoms with Crippen LogP contribution >= 0.6 is 0 Å². The van der Waals surface area contributed by atoms with Gasteiger partial charge in [0.25, 0.3) is 0 Å². The average Bonchev–Trinajstić information content (AvgIpc) is 1.87. The standard InChI is InChI=1S/C8H20N2/c1-4-7(2)5-6-10-8(3)9/h7-8,10H,4-6,9H2,1-3H3. The number of rotatable bonds is 5. The van der Waals surface area contributed by atoms with E-state index in [1.165, 1.54) is 12.8 Å². The molecule has 0 aromatic rings. The minimum atomic E-state index is 0.143. The Kier molecular flexibility index (Phi) is 5.64. The van der Waals surface area contributed by atoms with Gasteiger partial charge in [-0.15, -0.1) is 0 Å². The van der Waals surface area contributed by atoms with Crippen LogP contribution in [0.5, 0.6) is 0 Å². The summed E-state index contributed by atoms with van der Waals surface area (Å²) in [7, 11) is 0. The summed E-state index contributed by atoms with van der Waals surface area (Å²) in [5, 5.41) is 3.19. The van der Waals surface area contributed by atoms with E-state index in [1.54, 1.807) is 0 Å². The molecule has 2 unspecified atom stereocenters. The molecule has 0 aliphatic heterocycles. The molecule has 0 amide bonds. The predicted molar refractivity (Wildman–Crippen MR) is 45.7 cm³/mol. The van der Waals surface area contributed by atoms with Crippen LogP contribution in [0.15, 0.2) is 0 Å². The third kappa shape index (κ3) is 6.05. The molecule has 0 heterocycles. The molecule has 0 aromatic carbocycles. The minimum absolute atomic E-state index is 0.143. The third-order valence-electron chi connectivity index (χ3n) is 1.80. The van der Waals surface area contributed by atoms with Crippen LogP contribution < -0.4 is 11.1 Å². The monoisotopic (exact) mass is 144 g/mol. The molecule has 0 saturated carbocycles. The van der Waals surface area contributed by atoms with Crippen LogP contribution in [0.2, 0.25) is 0 Å². The Morgan fingerprint density at radius 3 is 2.40 bits per heavy atom. The molecule has 0 radical (unpaired) electrons. The summed E-state index contributed by atoms with van der Waals surface area (Å²) in [5.74, 6) is 0.825. The molecule has 0 rings (SSSR count). The van der Waals surface area contributed by atoms with Crippen molar-refractivity contribution in [2.24, 2.45) is 11.7 Å². The van der Waals surface area contributed by atoms with Crippen LogP contribution in [0, 0.1) is 5.92 Å². The Hall–Kier alpha value is -0.0800. The first-order chi connectivity index (χ1) is 4.66. The van der Waals surface area contributed by atoms with Gasteiger partial charge in [0, 0.05) is 0 Å². The molecule has 3 N–H and O–H groups in total. The predicted octanol–water partition coefficient (Wildman–Crippen LogP) is 1.32. The lowest BCUT2D eigenvalue weighted by atomic mass is 10.1. The maximum absolute atomic E-state index is 5.51. The first-order valence-electron chi connectivity index (χ1n) is 4.15. The molecule has 0 saturated heterocycles. The molecule has 0 aliphatic carbocycles. The highest BCUT2D eigenvalue weighted by Gasteiger charge is 1.97. The number of hydrogen-bond donors (Lipinski definition) is 2. The van der Waals surface area contributed by atoms with Crippen LogP contribution in [0.25, 0.3) is 0 Å². The van der Waals surface area contributed by atoms with E-state index in [0.29, 0.717) is 0 Å². The van der Waals surface area contributed by atoms with Gasteiger partial charge in [0.2, 0.25) is 0 Å². The summed E-state index contributed by atoms with van der Waals surface area (Å²) in [6.07, 6.45) is 2.64. The smallest absolute Gasteiger partial charge is 0.0517 e. The van der Waals surface area contributed by atoms with Gasteiger partial charge in [-0.3, -0.25) is 0 Å². The fourth-order valence-corrected chi connectivity index (χ4v) is 0.762. The number of nitrogens with one attached hydrogen (secondary N) is 1. The van der Waals surface area contributed by atoms with Crippen molar-refractivity contribution in [2.45, 2.75) is 39.8 Å². The van der Waals surface area contributed by atoms with Crippen molar-refractivity contribution in [3.63, 3.8) is 0 Å². The van der Waals surface area contributed by atoms with Gasteiger partial charge >= 0.3 is 0 Å². The van der Waals surface area contributed by atoms with Crippen molar-refractivity contribution in [3.05, 3.63) is 0 Å². The molecule has 10 heavy (non-hydrogen) atoms. The average molecular weight is 144 g/mol. The Morgan fingerprint density at radius 2 is 2.00 bits per heavy atom. The van der Waals surface area contributed by atoms with Crippen molar-refractivity contribution < 1.29 is 0 Å². The molecule has 0 fully saturated rings. The van der Waals surface area contributed by atoms with Gasteiger partial charge in [-0.25, -0.2) is 0 Å². The zero-order chi connectivity index (χ0) is 7.98. The van der Waals surface area contributed by atoms with Crippen LogP contribution in [-0.2, 0) is 0 Å². The molecule has 2 nitrogen and oxygen atoms in total. The van der Waals surface area contributed by atoms with Crippen LogP contribution in [0.3, 0.4) is 0 Å². The summed E-state index contributed by atoms with van der Waals surface area (Å²) in [6, 6.07) is 0. The van der Waals surface area contributed by atoms with Gasteiger partial charge in [0.05, 0.1) is 6.17 Å². The summed E-state index contributed by atoms with van der Waals surface area (Å²) >= 11 is 0. The second-order valence-electron chi connectivity index (χ2n) is 3.04. The van der Waals surface area contributed by atoms with E-state index < -0.39 is 0 Å². The van der Waals surface area contributed by atoms with Gasteiger partial charge in [-0.05, 0) is 25.8 Å². The molecule has 62 valence electrons. The van der Waals surface area contributed by atoms with E-state index in [-0.39, 0.29) is 6.17 Å². The second-order valence-corrected chi connectivity index (χ2v) is 3.04. The lowest BCUT2D eigenvalue weighted by molar-refractivity contribution is 0.462. The molecule has 0 bridgehead atoms. The molecule has 0 aromatic heterocycles. The van der Waals surface area contributed by atoms with Gasteiger partial charge in [-0.1, -0.05) is 20.3 Å². The van der Waals surface area contributed by atoms with Gasteiger partial charge in [0.1, 0.15) is 0 Å². The summed E-state index contributed by atoms with van der Waals surface area (Å²) in [4.78, 5) is 0. The van der Waals surface area contributed by atoms with Crippen LogP contribution in [0.1, 0.15) is 33.6 Å². The van der Waals surface area contributed by atoms with E-state index >= 15 is 0 Å². The lowest BCUT2D eigenvalue weighted by Crippen LogP contribution is -2.35. The Labute approximate surface area is 64.2 Å². The maximum Gasteiger partial charge on any atom is 0.0517 e. The fraction of sp³-hybridized carbons (Fsp3) is 1.00. The first kappa shape index (κ1) is 9.92. The van der Waals surface area contributed by atoms with Crippen molar-refractivity contribution in [3.8, 4) is 0 Å². The minimum Gasteiger partial charge on any atom is -0.316 e. The van der Waals surface area contributed by atoms with Gasteiger partial charge in [0.15, 0.2) is 0 Å².